The highest BCUT2D eigenvalue weighted by molar-refractivity contribution is 7.89. The highest BCUT2D eigenvalue weighted by atomic mass is 32.2. The Hall–Kier alpha value is -3.15. The number of carbonyl (C=O) groups excluding carboxylic acids is 1. The van der Waals surface area contributed by atoms with Gasteiger partial charge >= 0.3 is 0 Å². The summed E-state index contributed by atoms with van der Waals surface area (Å²) in [5, 5.41) is 7.63. The normalized spacial score (nSPS) is 15.5. The number of sulfonamides is 1. The summed E-state index contributed by atoms with van der Waals surface area (Å²) in [4.78, 5) is 14.0. The van der Waals surface area contributed by atoms with Crippen LogP contribution in [0, 0.1) is 17.6 Å². The molecule has 1 fully saturated rings. The number of hydrogen-bond acceptors (Lipinski definition) is 5. The lowest BCUT2D eigenvalue weighted by atomic mass is 10.1. The zero-order valence-electron chi connectivity index (χ0n) is 21.6. The summed E-state index contributed by atoms with van der Waals surface area (Å²) < 4.78 is 56.3. The second kappa shape index (κ2) is 12.1. The summed E-state index contributed by atoms with van der Waals surface area (Å²) in [6, 6.07) is 14.3. The number of hydrogen-bond donors (Lipinski definition) is 1. The van der Waals surface area contributed by atoms with Crippen molar-refractivity contribution in [2.75, 3.05) is 32.7 Å². The minimum Gasteiger partial charge on any atom is -0.349 e. The Kier molecular flexibility index (Phi) is 8.91. The van der Waals surface area contributed by atoms with Crippen molar-refractivity contribution in [3.8, 4) is 5.69 Å². The molecule has 1 aromatic heterocycles. The Balaban J connectivity index is 1.34. The van der Waals surface area contributed by atoms with E-state index in [1.165, 1.54) is 4.31 Å². The second-order valence-corrected chi connectivity index (χ2v) is 11.8. The summed E-state index contributed by atoms with van der Waals surface area (Å²) in [6.07, 6.45) is 1.33. The summed E-state index contributed by atoms with van der Waals surface area (Å²) in [6.45, 7) is 5.81. The maximum absolute atomic E-state index is 14.1. The summed E-state index contributed by atoms with van der Waals surface area (Å²) in [7, 11) is -4.11. The Morgan fingerprint density at radius 2 is 1.79 bits per heavy atom. The minimum atomic E-state index is -4.11. The molecule has 2 heterocycles. The Bertz CT molecular complexity index is 1360. The highest BCUT2D eigenvalue weighted by Crippen LogP contribution is 2.22. The van der Waals surface area contributed by atoms with Crippen molar-refractivity contribution in [2.24, 2.45) is 5.92 Å². The van der Waals surface area contributed by atoms with Gasteiger partial charge < -0.3 is 5.32 Å². The molecular weight excluding hydrogens is 512 g/mol. The quantitative estimate of drug-likeness (QED) is 0.446. The summed E-state index contributed by atoms with van der Waals surface area (Å²) in [5.74, 6) is -1.69. The second-order valence-electron chi connectivity index (χ2n) is 9.86. The van der Waals surface area contributed by atoms with Crippen LogP contribution < -0.4 is 5.32 Å². The molecule has 3 aromatic rings. The number of carbonyl (C=O) groups is 1. The third-order valence-corrected chi connectivity index (χ3v) is 8.28. The van der Waals surface area contributed by atoms with Gasteiger partial charge in [0.2, 0.25) is 15.9 Å². The van der Waals surface area contributed by atoms with E-state index in [2.05, 4.69) is 19.2 Å². The number of aromatic nitrogens is 2. The SMILES string of the molecule is CC(C)Cc1cc(CNC(=O)CN2CCCN(S(=O)(=O)c3ccc(F)cc3F)CC2)nn1-c1ccccc1. The van der Waals surface area contributed by atoms with E-state index < -0.39 is 26.6 Å². The van der Waals surface area contributed by atoms with Crippen LogP contribution in [-0.4, -0.2) is 66.0 Å². The van der Waals surface area contributed by atoms with E-state index in [0.717, 1.165) is 35.6 Å². The van der Waals surface area contributed by atoms with Crippen LogP contribution in [0.25, 0.3) is 5.69 Å². The topological polar surface area (TPSA) is 87.5 Å². The predicted octanol–water partition coefficient (Wildman–Crippen LogP) is 3.36. The van der Waals surface area contributed by atoms with Crippen molar-refractivity contribution in [1.82, 2.24) is 24.3 Å². The molecule has 1 aliphatic heterocycles. The van der Waals surface area contributed by atoms with E-state index in [1.54, 1.807) is 0 Å². The Labute approximate surface area is 222 Å². The molecule has 8 nitrogen and oxygen atoms in total. The van der Waals surface area contributed by atoms with E-state index in [0.29, 0.717) is 31.5 Å². The first-order chi connectivity index (χ1) is 18.1. The van der Waals surface area contributed by atoms with Gasteiger partial charge in [-0.3, -0.25) is 9.69 Å². The van der Waals surface area contributed by atoms with Crippen LogP contribution in [0.1, 0.15) is 31.7 Å². The third-order valence-electron chi connectivity index (χ3n) is 6.34. The van der Waals surface area contributed by atoms with Gasteiger partial charge in [-0.05, 0) is 55.6 Å². The van der Waals surface area contributed by atoms with Crippen LogP contribution >= 0.6 is 0 Å². The fourth-order valence-corrected chi connectivity index (χ4v) is 6.05. The maximum atomic E-state index is 14.1. The molecule has 1 N–H and O–H groups in total. The zero-order chi connectivity index (χ0) is 27.3. The molecule has 4 rings (SSSR count). The van der Waals surface area contributed by atoms with Crippen molar-refractivity contribution in [3.05, 3.63) is 77.6 Å². The smallest absolute Gasteiger partial charge is 0.246 e. The van der Waals surface area contributed by atoms with E-state index in [4.69, 9.17) is 5.10 Å². The van der Waals surface area contributed by atoms with Gasteiger partial charge in [-0.2, -0.15) is 9.40 Å². The van der Waals surface area contributed by atoms with E-state index >= 15 is 0 Å². The first-order valence-electron chi connectivity index (χ1n) is 12.7. The van der Waals surface area contributed by atoms with Crippen molar-refractivity contribution in [2.45, 2.75) is 38.1 Å². The van der Waals surface area contributed by atoms with Gasteiger partial charge in [-0.1, -0.05) is 32.0 Å². The molecular formula is C27H33F2N5O3S. The fraction of sp³-hybridized carbons (Fsp3) is 0.407. The monoisotopic (exact) mass is 545 g/mol. The summed E-state index contributed by atoms with van der Waals surface area (Å²) in [5.41, 5.74) is 2.79. The number of nitrogens with zero attached hydrogens (tertiary/aromatic N) is 4. The van der Waals surface area contributed by atoms with E-state index in [1.807, 2.05) is 46.0 Å². The molecule has 204 valence electrons. The number of halogens is 2. The molecule has 0 atom stereocenters. The zero-order valence-corrected chi connectivity index (χ0v) is 22.4. The van der Waals surface area contributed by atoms with Crippen LogP contribution in [0.2, 0.25) is 0 Å². The van der Waals surface area contributed by atoms with Crippen LogP contribution in [-0.2, 0) is 27.8 Å². The van der Waals surface area contributed by atoms with Crippen LogP contribution in [0.5, 0.6) is 0 Å². The molecule has 1 saturated heterocycles. The molecule has 0 radical (unpaired) electrons. The number of para-hydroxylation sites is 1. The van der Waals surface area contributed by atoms with Gasteiger partial charge in [0.15, 0.2) is 0 Å². The lowest BCUT2D eigenvalue weighted by molar-refractivity contribution is -0.122. The van der Waals surface area contributed by atoms with Gasteiger partial charge in [0.1, 0.15) is 16.5 Å². The van der Waals surface area contributed by atoms with Gasteiger partial charge in [0.05, 0.1) is 24.5 Å². The van der Waals surface area contributed by atoms with Crippen LogP contribution in [0.15, 0.2) is 59.5 Å². The molecule has 1 amide bonds. The summed E-state index contributed by atoms with van der Waals surface area (Å²) >= 11 is 0. The number of rotatable bonds is 9. The lowest BCUT2D eigenvalue weighted by Crippen LogP contribution is -2.40. The van der Waals surface area contributed by atoms with Crippen molar-refractivity contribution in [3.63, 3.8) is 0 Å². The van der Waals surface area contributed by atoms with Crippen molar-refractivity contribution < 1.29 is 22.0 Å². The minimum absolute atomic E-state index is 0.104. The average Bonchev–Trinajstić information content (AvgIpc) is 3.10. The maximum Gasteiger partial charge on any atom is 0.246 e. The first kappa shape index (κ1) is 27.9. The fourth-order valence-electron chi connectivity index (χ4n) is 4.54. The standard InChI is InChI=1S/C27H33F2N5O3S/c1-20(2)15-24-17-22(31-34(24)23-7-4-3-5-8-23)18-30-27(35)19-32-11-6-12-33(14-13-32)38(36,37)26-10-9-21(28)16-25(26)29/h3-5,7-10,16-17,20H,6,11-15,18-19H2,1-2H3,(H,30,35). The van der Waals surface area contributed by atoms with Gasteiger partial charge in [0.25, 0.3) is 0 Å². The number of nitrogens with one attached hydrogen (secondary N) is 1. The Morgan fingerprint density at radius 1 is 1.03 bits per heavy atom. The average molecular weight is 546 g/mol. The molecule has 38 heavy (non-hydrogen) atoms. The van der Waals surface area contributed by atoms with Gasteiger partial charge in [-0.25, -0.2) is 21.9 Å². The highest BCUT2D eigenvalue weighted by Gasteiger charge is 2.30. The van der Waals surface area contributed by atoms with Gasteiger partial charge in [0, 0.05) is 31.4 Å². The molecule has 0 unspecified atom stereocenters. The predicted molar refractivity (Wildman–Crippen MR) is 140 cm³/mol. The number of amides is 1. The molecule has 0 saturated carbocycles. The van der Waals surface area contributed by atoms with E-state index in [-0.39, 0.29) is 32.1 Å². The molecule has 0 aliphatic carbocycles. The lowest BCUT2D eigenvalue weighted by Gasteiger charge is -2.21. The number of benzene rings is 2. The van der Waals surface area contributed by atoms with Gasteiger partial charge in [-0.15, -0.1) is 0 Å². The van der Waals surface area contributed by atoms with Crippen LogP contribution in [0.4, 0.5) is 8.78 Å². The largest absolute Gasteiger partial charge is 0.349 e. The van der Waals surface area contributed by atoms with Crippen LogP contribution in [0.3, 0.4) is 0 Å². The third kappa shape index (κ3) is 6.83. The molecule has 11 heteroatoms. The van der Waals surface area contributed by atoms with Crippen molar-refractivity contribution >= 4 is 15.9 Å². The molecule has 2 aromatic carbocycles. The molecule has 1 aliphatic rings. The molecule has 0 bridgehead atoms. The van der Waals surface area contributed by atoms with Crippen molar-refractivity contribution in [1.29, 1.82) is 0 Å². The first-order valence-corrected chi connectivity index (χ1v) is 14.1. The Morgan fingerprint density at radius 3 is 2.50 bits per heavy atom. The molecule has 0 spiro atoms. The van der Waals surface area contributed by atoms with E-state index in [9.17, 15) is 22.0 Å².